The number of halogens is 2. The van der Waals surface area contributed by atoms with Crippen molar-refractivity contribution in [3.8, 4) is 0 Å². The number of anilines is 1. The molecule has 0 spiro atoms. The number of hydrogen-bond donors (Lipinski definition) is 2. The van der Waals surface area contributed by atoms with Crippen LogP contribution in [0, 0.1) is 0 Å². The summed E-state index contributed by atoms with van der Waals surface area (Å²) < 4.78 is 28.5. The number of thiophene rings is 1. The van der Waals surface area contributed by atoms with Gasteiger partial charge in [-0.05, 0) is 46.3 Å². The topological polar surface area (TPSA) is 66.4 Å². The van der Waals surface area contributed by atoms with Crippen molar-refractivity contribution in [3.63, 3.8) is 0 Å². The summed E-state index contributed by atoms with van der Waals surface area (Å²) in [7, 11) is -3.64. The lowest BCUT2D eigenvalue weighted by Crippen LogP contribution is -2.11. The van der Waals surface area contributed by atoms with Gasteiger partial charge < -0.3 is 5.11 Å². The molecule has 2 rings (SSSR count). The average Bonchev–Trinajstić information content (AvgIpc) is 2.83. The minimum absolute atomic E-state index is 0.166. The van der Waals surface area contributed by atoms with Gasteiger partial charge in [-0.25, -0.2) is 8.42 Å². The highest BCUT2D eigenvalue weighted by atomic mass is 79.9. The maximum absolute atomic E-state index is 12.2. The molecule has 4 nitrogen and oxygen atoms in total. The fourth-order valence-electron chi connectivity index (χ4n) is 1.36. The Hall–Kier alpha value is -0.410. The van der Waals surface area contributed by atoms with Gasteiger partial charge in [0.1, 0.15) is 4.21 Å². The SMILES string of the molecule is O=S(=O)(Nc1cc(Br)ccc1Br)c1ccc(CO)s1. The van der Waals surface area contributed by atoms with E-state index in [9.17, 15) is 8.42 Å². The summed E-state index contributed by atoms with van der Waals surface area (Å²) in [5.74, 6) is 0. The van der Waals surface area contributed by atoms with Gasteiger partial charge in [-0.3, -0.25) is 4.72 Å². The Morgan fingerprint density at radius 1 is 1.21 bits per heavy atom. The van der Waals surface area contributed by atoms with Crippen molar-refractivity contribution in [3.05, 3.63) is 44.2 Å². The number of benzene rings is 1. The zero-order chi connectivity index (χ0) is 14.0. The van der Waals surface area contributed by atoms with Gasteiger partial charge in [0.25, 0.3) is 10.0 Å². The van der Waals surface area contributed by atoms with Gasteiger partial charge in [-0.1, -0.05) is 15.9 Å². The summed E-state index contributed by atoms with van der Waals surface area (Å²) in [5, 5.41) is 8.97. The largest absolute Gasteiger partial charge is 0.391 e. The lowest BCUT2D eigenvalue weighted by Gasteiger charge is -2.08. The molecule has 0 saturated heterocycles. The highest BCUT2D eigenvalue weighted by Crippen LogP contribution is 2.30. The van der Waals surface area contributed by atoms with Crippen LogP contribution in [0.3, 0.4) is 0 Å². The molecule has 0 amide bonds. The first kappa shape index (κ1) is 15.0. The third-order valence-corrected chi connectivity index (χ3v) is 6.34. The van der Waals surface area contributed by atoms with Crippen LogP contribution in [-0.2, 0) is 16.6 Å². The van der Waals surface area contributed by atoms with Crippen LogP contribution in [0.25, 0.3) is 0 Å². The Kier molecular flexibility index (Phi) is 4.67. The van der Waals surface area contributed by atoms with Gasteiger partial charge >= 0.3 is 0 Å². The zero-order valence-electron chi connectivity index (χ0n) is 9.43. The molecular weight excluding hydrogens is 418 g/mol. The number of nitrogens with one attached hydrogen (secondary N) is 1. The van der Waals surface area contributed by atoms with Crippen LogP contribution in [0.4, 0.5) is 5.69 Å². The number of rotatable bonds is 4. The van der Waals surface area contributed by atoms with Crippen molar-refractivity contribution in [2.45, 2.75) is 10.8 Å². The predicted octanol–water partition coefficient (Wildman–Crippen LogP) is 3.57. The van der Waals surface area contributed by atoms with Crippen LogP contribution < -0.4 is 4.72 Å². The summed E-state index contributed by atoms with van der Waals surface area (Å²) in [6.45, 7) is -0.166. The third-order valence-electron chi connectivity index (χ3n) is 2.23. The lowest BCUT2D eigenvalue weighted by atomic mass is 10.3. The summed E-state index contributed by atoms with van der Waals surface area (Å²) in [4.78, 5) is 0.605. The van der Waals surface area contributed by atoms with Crippen molar-refractivity contribution in [1.82, 2.24) is 0 Å². The number of hydrogen-bond acceptors (Lipinski definition) is 4. The fraction of sp³-hybridized carbons (Fsp3) is 0.0909. The summed E-state index contributed by atoms with van der Waals surface area (Å²) in [6.07, 6.45) is 0. The summed E-state index contributed by atoms with van der Waals surface area (Å²) in [6, 6.07) is 8.29. The Bertz CT molecular complexity index is 698. The predicted molar refractivity (Wildman–Crippen MR) is 82.9 cm³/mol. The molecule has 0 atom stereocenters. The molecule has 1 heterocycles. The molecule has 1 aromatic heterocycles. The molecular formula is C11H9Br2NO3S2. The van der Waals surface area contributed by atoms with Crippen LogP contribution in [-0.4, -0.2) is 13.5 Å². The molecule has 0 fully saturated rings. The van der Waals surface area contributed by atoms with E-state index in [2.05, 4.69) is 36.6 Å². The van der Waals surface area contributed by atoms with Crippen molar-refractivity contribution in [2.75, 3.05) is 4.72 Å². The van der Waals surface area contributed by atoms with Crippen LogP contribution in [0.1, 0.15) is 4.88 Å². The van der Waals surface area contributed by atoms with Gasteiger partial charge in [-0.15, -0.1) is 11.3 Å². The normalized spacial score (nSPS) is 11.5. The molecule has 19 heavy (non-hydrogen) atoms. The Labute approximate surface area is 131 Å². The molecule has 0 saturated carbocycles. The average molecular weight is 427 g/mol. The van der Waals surface area contributed by atoms with Gasteiger partial charge in [0.15, 0.2) is 0 Å². The number of aliphatic hydroxyl groups excluding tert-OH is 1. The maximum Gasteiger partial charge on any atom is 0.271 e. The van der Waals surface area contributed by atoms with Crippen molar-refractivity contribution >= 4 is 58.9 Å². The minimum atomic E-state index is -3.64. The van der Waals surface area contributed by atoms with E-state index in [1.165, 1.54) is 6.07 Å². The van der Waals surface area contributed by atoms with Gasteiger partial charge in [0, 0.05) is 13.8 Å². The zero-order valence-corrected chi connectivity index (χ0v) is 14.2. The first-order valence-corrected chi connectivity index (χ1v) is 8.98. The summed E-state index contributed by atoms with van der Waals surface area (Å²) in [5.41, 5.74) is 0.452. The Morgan fingerprint density at radius 3 is 2.58 bits per heavy atom. The molecule has 1 aromatic carbocycles. The molecule has 102 valence electrons. The van der Waals surface area contributed by atoms with E-state index in [1.54, 1.807) is 24.3 Å². The molecule has 0 aliphatic carbocycles. The van der Waals surface area contributed by atoms with Gasteiger partial charge in [0.05, 0.1) is 12.3 Å². The Morgan fingerprint density at radius 2 is 1.95 bits per heavy atom. The van der Waals surface area contributed by atoms with E-state index in [0.717, 1.165) is 15.8 Å². The quantitative estimate of drug-likeness (QED) is 0.785. The molecule has 2 aromatic rings. The van der Waals surface area contributed by atoms with E-state index in [1.807, 2.05) is 0 Å². The van der Waals surface area contributed by atoms with E-state index < -0.39 is 10.0 Å². The summed E-state index contributed by atoms with van der Waals surface area (Å²) >= 11 is 7.62. The second-order valence-electron chi connectivity index (χ2n) is 3.61. The third kappa shape index (κ3) is 3.57. The van der Waals surface area contributed by atoms with E-state index >= 15 is 0 Å². The molecule has 8 heteroatoms. The highest BCUT2D eigenvalue weighted by Gasteiger charge is 2.18. The van der Waals surface area contributed by atoms with E-state index in [0.29, 0.717) is 15.0 Å². The van der Waals surface area contributed by atoms with Crippen LogP contribution in [0.15, 0.2) is 43.5 Å². The fourth-order valence-corrected chi connectivity index (χ4v) is 4.48. The molecule has 0 bridgehead atoms. The van der Waals surface area contributed by atoms with Crippen molar-refractivity contribution in [1.29, 1.82) is 0 Å². The van der Waals surface area contributed by atoms with Crippen molar-refractivity contribution in [2.24, 2.45) is 0 Å². The maximum atomic E-state index is 12.2. The molecule has 0 unspecified atom stereocenters. The second-order valence-corrected chi connectivity index (χ2v) is 8.46. The number of sulfonamides is 1. The van der Waals surface area contributed by atoms with Crippen molar-refractivity contribution < 1.29 is 13.5 Å². The van der Waals surface area contributed by atoms with E-state index in [4.69, 9.17) is 5.11 Å². The van der Waals surface area contributed by atoms with Gasteiger partial charge in [0.2, 0.25) is 0 Å². The standard InChI is InChI=1S/C11H9Br2NO3S2/c12-7-1-3-9(13)10(5-7)14-19(16,17)11-4-2-8(6-15)18-11/h1-5,14-15H,6H2. The van der Waals surface area contributed by atoms with Crippen LogP contribution in [0.2, 0.25) is 0 Å². The second kappa shape index (κ2) is 5.92. The molecule has 0 radical (unpaired) electrons. The number of aliphatic hydroxyl groups is 1. The monoisotopic (exact) mass is 425 g/mol. The molecule has 0 aliphatic rings. The minimum Gasteiger partial charge on any atom is -0.391 e. The lowest BCUT2D eigenvalue weighted by molar-refractivity contribution is 0.285. The molecule has 0 aliphatic heterocycles. The van der Waals surface area contributed by atoms with Crippen LogP contribution in [0.5, 0.6) is 0 Å². The first-order chi connectivity index (χ1) is 8.92. The van der Waals surface area contributed by atoms with E-state index in [-0.39, 0.29) is 10.8 Å². The van der Waals surface area contributed by atoms with Gasteiger partial charge in [-0.2, -0.15) is 0 Å². The molecule has 2 N–H and O–H groups in total. The first-order valence-electron chi connectivity index (χ1n) is 5.10. The highest BCUT2D eigenvalue weighted by molar-refractivity contribution is 9.11. The van der Waals surface area contributed by atoms with Crippen LogP contribution >= 0.6 is 43.2 Å². The smallest absolute Gasteiger partial charge is 0.271 e. The Balaban J connectivity index is 2.33.